The van der Waals surface area contributed by atoms with Crippen molar-refractivity contribution in [1.82, 2.24) is 0 Å². The summed E-state index contributed by atoms with van der Waals surface area (Å²) in [6.45, 7) is 9.08. The van der Waals surface area contributed by atoms with E-state index in [1.54, 1.807) is 0 Å². The summed E-state index contributed by atoms with van der Waals surface area (Å²) in [6.07, 6.45) is 0. The second kappa shape index (κ2) is 6.13. The first-order chi connectivity index (χ1) is 4.74. The van der Waals surface area contributed by atoms with Gasteiger partial charge in [-0.25, -0.2) is 0 Å². The zero-order chi connectivity index (χ0) is 7.98. The predicted octanol–water partition coefficient (Wildman–Crippen LogP) is 2.14. The van der Waals surface area contributed by atoms with Gasteiger partial charge in [0.25, 0.3) is 0 Å². The highest BCUT2D eigenvalue weighted by Gasteiger charge is 2.09. The Hall–Kier alpha value is 0.394. The third-order valence-electron chi connectivity index (χ3n) is 1.91. The molecular formula is C7H20OSi2. The standard InChI is InChI=1S/C7H20OSi2/c1-5-9(4)8-10(6-2)7-3/h9-10H,5-7H2,1-4H3. The molecule has 0 aliphatic heterocycles. The molecule has 62 valence electrons. The summed E-state index contributed by atoms with van der Waals surface area (Å²) in [7, 11) is -1.42. The van der Waals surface area contributed by atoms with Crippen molar-refractivity contribution in [3.63, 3.8) is 0 Å². The highest BCUT2D eigenvalue weighted by atomic mass is 28.4. The lowest BCUT2D eigenvalue weighted by molar-refractivity contribution is 0.584. The molecule has 0 saturated heterocycles. The van der Waals surface area contributed by atoms with Gasteiger partial charge >= 0.3 is 0 Å². The minimum atomic E-state index is -0.713. The fourth-order valence-corrected chi connectivity index (χ4v) is 6.42. The van der Waals surface area contributed by atoms with E-state index in [1.165, 1.54) is 18.1 Å². The Bertz CT molecular complexity index is 74.0. The third-order valence-corrected chi connectivity index (χ3v) is 8.28. The molecule has 0 aromatic carbocycles. The molecule has 10 heavy (non-hydrogen) atoms. The number of hydrogen-bond acceptors (Lipinski definition) is 1. The number of hydrogen-bond donors (Lipinski definition) is 0. The smallest absolute Gasteiger partial charge is 0.162 e. The summed E-state index contributed by atoms with van der Waals surface area (Å²) >= 11 is 0. The topological polar surface area (TPSA) is 9.23 Å². The van der Waals surface area contributed by atoms with Gasteiger partial charge in [0.05, 0.1) is 0 Å². The highest BCUT2D eigenvalue weighted by Crippen LogP contribution is 2.04. The molecule has 0 heterocycles. The van der Waals surface area contributed by atoms with Crippen LogP contribution >= 0.6 is 0 Å². The van der Waals surface area contributed by atoms with Gasteiger partial charge in [0, 0.05) is 0 Å². The van der Waals surface area contributed by atoms with Crippen LogP contribution in [0.4, 0.5) is 0 Å². The molecule has 0 aromatic rings. The molecule has 0 N–H and O–H groups in total. The maximum absolute atomic E-state index is 5.98. The van der Waals surface area contributed by atoms with Crippen LogP contribution in [0.25, 0.3) is 0 Å². The van der Waals surface area contributed by atoms with Crippen molar-refractivity contribution in [1.29, 1.82) is 0 Å². The molecule has 0 bridgehead atoms. The van der Waals surface area contributed by atoms with Crippen molar-refractivity contribution in [2.24, 2.45) is 0 Å². The zero-order valence-corrected chi connectivity index (χ0v) is 9.99. The molecule has 0 amide bonds. The molecule has 0 fully saturated rings. The summed E-state index contributed by atoms with van der Waals surface area (Å²) in [5.74, 6) is 0. The summed E-state index contributed by atoms with van der Waals surface area (Å²) in [4.78, 5) is 0. The zero-order valence-electron chi connectivity index (χ0n) is 7.68. The van der Waals surface area contributed by atoms with E-state index in [4.69, 9.17) is 4.12 Å². The first-order valence-corrected chi connectivity index (χ1v) is 8.94. The minimum Gasteiger partial charge on any atom is -0.460 e. The first-order valence-electron chi connectivity index (χ1n) is 4.39. The van der Waals surface area contributed by atoms with E-state index in [9.17, 15) is 0 Å². The van der Waals surface area contributed by atoms with Crippen molar-refractivity contribution >= 4 is 18.1 Å². The fourth-order valence-electron chi connectivity index (χ4n) is 0.906. The Morgan fingerprint density at radius 1 is 1.00 bits per heavy atom. The summed E-state index contributed by atoms with van der Waals surface area (Å²) in [5.41, 5.74) is 0. The molecule has 0 rings (SSSR count). The Labute approximate surface area is 68.2 Å². The summed E-state index contributed by atoms with van der Waals surface area (Å²) in [6, 6.07) is 3.92. The van der Waals surface area contributed by atoms with Crippen LogP contribution in [-0.4, -0.2) is 18.1 Å². The highest BCUT2D eigenvalue weighted by molar-refractivity contribution is 6.65. The molecule has 0 aliphatic carbocycles. The second-order valence-corrected chi connectivity index (χ2v) is 9.20. The Morgan fingerprint density at radius 2 is 1.50 bits per heavy atom. The van der Waals surface area contributed by atoms with Gasteiger partial charge in [-0.15, -0.1) is 0 Å². The molecule has 1 unspecified atom stereocenters. The van der Waals surface area contributed by atoms with Crippen LogP contribution in [0.3, 0.4) is 0 Å². The normalized spacial score (nSPS) is 14.1. The molecular weight excluding hydrogens is 156 g/mol. The van der Waals surface area contributed by atoms with Crippen LogP contribution in [0.15, 0.2) is 0 Å². The minimum absolute atomic E-state index is 0.706. The molecule has 0 radical (unpaired) electrons. The molecule has 0 aliphatic rings. The lowest BCUT2D eigenvalue weighted by Gasteiger charge is -2.16. The molecule has 0 aromatic heterocycles. The van der Waals surface area contributed by atoms with Crippen molar-refractivity contribution in [3.8, 4) is 0 Å². The second-order valence-electron chi connectivity index (χ2n) is 2.79. The van der Waals surface area contributed by atoms with Crippen LogP contribution in [0.1, 0.15) is 20.8 Å². The Kier molecular flexibility index (Phi) is 6.37. The van der Waals surface area contributed by atoms with E-state index in [2.05, 4.69) is 27.3 Å². The van der Waals surface area contributed by atoms with Gasteiger partial charge in [0.1, 0.15) is 0 Å². The van der Waals surface area contributed by atoms with E-state index in [1.807, 2.05) is 0 Å². The Balaban J connectivity index is 3.41. The van der Waals surface area contributed by atoms with E-state index in [0.717, 1.165) is 0 Å². The third kappa shape index (κ3) is 4.25. The average molecular weight is 176 g/mol. The predicted molar refractivity (Wildman–Crippen MR) is 52.7 cm³/mol. The maximum atomic E-state index is 5.98. The van der Waals surface area contributed by atoms with Crippen molar-refractivity contribution in [2.75, 3.05) is 0 Å². The van der Waals surface area contributed by atoms with Gasteiger partial charge in [0.15, 0.2) is 18.1 Å². The van der Waals surface area contributed by atoms with Gasteiger partial charge < -0.3 is 4.12 Å². The molecule has 0 spiro atoms. The largest absolute Gasteiger partial charge is 0.460 e. The van der Waals surface area contributed by atoms with Crippen molar-refractivity contribution in [3.05, 3.63) is 0 Å². The SMILES string of the molecule is CC[SiH](C)O[SiH](CC)CC. The molecule has 0 saturated carbocycles. The Morgan fingerprint density at radius 3 is 1.80 bits per heavy atom. The summed E-state index contributed by atoms with van der Waals surface area (Å²) in [5, 5.41) is 0. The van der Waals surface area contributed by atoms with Crippen molar-refractivity contribution in [2.45, 2.75) is 45.5 Å². The van der Waals surface area contributed by atoms with E-state index in [0.29, 0.717) is 0 Å². The monoisotopic (exact) mass is 176 g/mol. The number of rotatable bonds is 5. The molecule has 1 nitrogen and oxygen atoms in total. The van der Waals surface area contributed by atoms with Crippen molar-refractivity contribution < 1.29 is 4.12 Å². The fraction of sp³-hybridized carbons (Fsp3) is 1.00. The van der Waals surface area contributed by atoms with Gasteiger partial charge in [-0.1, -0.05) is 20.8 Å². The van der Waals surface area contributed by atoms with Crippen LogP contribution in [0, 0.1) is 0 Å². The van der Waals surface area contributed by atoms with Gasteiger partial charge in [-0.05, 0) is 24.7 Å². The van der Waals surface area contributed by atoms with Crippen LogP contribution in [0.2, 0.25) is 24.7 Å². The van der Waals surface area contributed by atoms with Gasteiger partial charge in [-0.2, -0.15) is 0 Å². The van der Waals surface area contributed by atoms with Crippen LogP contribution < -0.4 is 0 Å². The van der Waals surface area contributed by atoms with Crippen LogP contribution in [-0.2, 0) is 4.12 Å². The molecule has 1 atom stereocenters. The van der Waals surface area contributed by atoms with Gasteiger partial charge in [-0.3, -0.25) is 0 Å². The van der Waals surface area contributed by atoms with Gasteiger partial charge in [0.2, 0.25) is 0 Å². The van der Waals surface area contributed by atoms with E-state index in [-0.39, 0.29) is 0 Å². The average Bonchev–Trinajstić information content (AvgIpc) is 1.99. The lowest BCUT2D eigenvalue weighted by Crippen LogP contribution is -2.24. The summed E-state index contributed by atoms with van der Waals surface area (Å²) < 4.78 is 5.98. The quantitative estimate of drug-likeness (QED) is 0.583. The van der Waals surface area contributed by atoms with E-state index < -0.39 is 18.1 Å². The molecule has 3 heteroatoms. The lowest BCUT2D eigenvalue weighted by atomic mass is 11.0. The van der Waals surface area contributed by atoms with E-state index >= 15 is 0 Å². The first kappa shape index (κ1) is 10.4. The van der Waals surface area contributed by atoms with Crippen LogP contribution in [0.5, 0.6) is 0 Å². The maximum Gasteiger partial charge on any atom is 0.162 e.